The highest BCUT2D eigenvalue weighted by atomic mass is 16.2. The third-order valence-corrected chi connectivity index (χ3v) is 7.53. The van der Waals surface area contributed by atoms with Crippen molar-refractivity contribution in [3.8, 4) is 0 Å². The molecule has 182 valence electrons. The minimum atomic E-state index is -1.20. The maximum absolute atomic E-state index is 13.9. The zero-order valence-electron chi connectivity index (χ0n) is 20.8. The first-order chi connectivity index (χ1) is 17.2. The lowest BCUT2D eigenvalue weighted by Crippen LogP contribution is -2.52. The summed E-state index contributed by atoms with van der Waals surface area (Å²) in [7, 11) is 3.26. The SMILES string of the molecule is CC(C)c1ccc(C([C@@H]2C(=O)c3ccccc3N(C)C2=O)[C@H]2C(=O)c3ccccc3N(C)C2=O)cc1. The Kier molecular flexibility index (Phi) is 5.83. The topological polar surface area (TPSA) is 74.8 Å². The molecular weight excluding hydrogens is 452 g/mol. The molecule has 0 fully saturated rings. The van der Waals surface area contributed by atoms with Gasteiger partial charge >= 0.3 is 0 Å². The summed E-state index contributed by atoms with van der Waals surface area (Å²) in [6.45, 7) is 4.15. The Hall–Kier alpha value is -4.06. The van der Waals surface area contributed by atoms with Gasteiger partial charge in [-0.15, -0.1) is 0 Å². The average molecular weight is 481 g/mol. The summed E-state index contributed by atoms with van der Waals surface area (Å²) in [5.41, 5.74) is 3.60. The highest BCUT2D eigenvalue weighted by Crippen LogP contribution is 2.45. The summed E-state index contributed by atoms with van der Waals surface area (Å²) in [5, 5.41) is 0. The molecule has 36 heavy (non-hydrogen) atoms. The average Bonchev–Trinajstić information content (AvgIpc) is 2.90. The monoisotopic (exact) mass is 480 g/mol. The maximum Gasteiger partial charge on any atom is 0.238 e. The van der Waals surface area contributed by atoms with E-state index in [0.717, 1.165) is 5.56 Å². The van der Waals surface area contributed by atoms with Crippen molar-refractivity contribution in [1.82, 2.24) is 0 Å². The third kappa shape index (κ3) is 3.56. The molecule has 2 aliphatic rings. The normalized spacial score (nSPS) is 20.5. The Balaban J connectivity index is 1.71. The van der Waals surface area contributed by atoms with Gasteiger partial charge in [0, 0.05) is 31.1 Å². The van der Waals surface area contributed by atoms with Gasteiger partial charge in [0.05, 0.1) is 11.4 Å². The molecule has 0 bridgehead atoms. The number of nitrogens with zero attached hydrogens (tertiary/aromatic N) is 2. The third-order valence-electron chi connectivity index (χ3n) is 7.53. The van der Waals surface area contributed by atoms with Crippen LogP contribution in [0.2, 0.25) is 0 Å². The number of carbonyl (C=O) groups excluding carboxylic acids is 4. The molecule has 6 heteroatoms. The fraction of sp³-hybridized carbons (Fsp3) is 0.267. The zero-order valence-corrected chi connectivity index (χ0v) is 20.8. The molecule has 2 heterocycles. The molecule has 0 aromatic heterocycles. The number of hydrogen-bond acceptors (Lipinski definition) is 4. The maximum atomic E-state index is 13.9. The second-order valence-corrected chi connectivity index (χ2v) is 9.86. The number of anilines is 2. The van der Waals surface area contributed by atoms with E-state index < -0.39 is 29.6 Å². The minimum absolute atomic E-state index is 0.282. The fourth-order valence-corrected chi connectivity index (χ4v) is 5.48. The molecule has 0 radical (unpaired) electrons. The molecule has 0 aliphatic carbocycles. The minimum Gasteiger partial charge on any atom is -0.314 e. The number of benzene rings is 3. The van der Waals surface area contributed by atoms with Crippen LogP contribution in [-0.4, -0.2) is 37.5 Å². The van der Waals surface area contributed by atoms with Crippen molar-refractivity contribution in [2.75, 3.05) is 23.9 Å². The van der Waals surface area contributed by atoms with Crippen LogP contribution in [0.1, 0.15) is 57.5 Å². The van der Waals surface area contributed by atoms with Crippen LogP contribution in [-0.2, 0) is 9.59 Å². The number of hydrogen-bond donors (Lipinski definition) is 0. The van der Waals surface area contributed by atoms with Crippen molar-refractivity contribution in [3.05, 3.63) is 95.1 Å². The van der Waals surface area contributed by atoms with E-state index in [-0.39, 0.29) is 17.5 Å². The van der Waals surface area contributed by atoms with Gasteiger partial charge in [0.15, 0.2) is 11.6 Å². The predicted octanol–water partition coefficient (Wildman–Crippen LogP) is 4.84. The van der Waals surface area contributed by atoms with Gasteiger partial charge in [0.2, 0.25) is 11.8 Å². The fourth-order valence-electron chi connectivity index (χ4n) is 5.48. The Morgan fingerprint density at radius 2 is 0.972 bits per heavy atom. The van der Waals surface area contributed by atoms with Gasteiger partial charge in [-0.3, -0.25) is 19.2 Å². The van der Waals surface area contributed by atoms with Gasteiger partial charge < -0.3 is 9.80 Å². The van der Waals surface area contributed by atoms with Crippen LogP contribution in [0.25, 0.3) is 0 Å². The molecule has 3 atom stereocenters. The quantitative estimate of drug-likeness (QED) is 0.501. The molecule has 3 aromatic rings. The van der Waals surface area contributed by atoms with Crippen molar-refractivity contribution < 1.29 is 19.2 Å². The number of ketones is 2. The highest BCUT2D eigenvalue weighted by Gasteiger charge is 2.52. The van der Waals surface area contributed by atoms with Gasteiger partial charge in [-0.2, -0.15) is 0 Å². The molecule has 0 N–H and O–H groups in total. The summed E-state index contributed by atoms with van der Waals surface area (Å²) in [6.07, 6.45) is 0. The highest BCUT2D eigenvalue weighted by molar-refractivity contribution is 6.25. The van der Waals surface area contributed by atoms with Crippen LogP contribution in [0, 0.1) is 11.8 Å². The van der Waals surface area contributed by atoms with Crippen LogP contribution in [0.5, 0.6) is 0 Å². The van der Waals surface area contributed by atoms with Gasteiger partial charge in [0.25, 0.3) is 0 Å². The number of carbonyl (C=O) groups is 4. The van der Waals surface area contributed by atoms with E-state index in [0.29, 0.717) is 28.1 Å². The Bertz CT molecular complexity index is 1310. The lowest BCUT2D eigenvalue weighted by molar-refractivity contribution is -0.124. The van der Waals surface area contributed by atoms with E-state index >= 15 is 0 Å². The summed E-state index contributed by atoms with van der Waals surface area (Å²) in [6, 6.07) is 21.5. The summed E-state index contributed by atoms with van der Waals surface area (Å²) >= 11 is 0. The van der Waals surface area contributed by atoms with E-state index in [1.54, 1.807) is 62.6 Å². The second kappa shape index (κ2) is 8.86. The van der Waals surface area contributed by atoms with Gasteiger partial charge in [-0.1, -0.05) is 62.4 Å². The second-order valence-electron chi connectivity index (χ2n) is 9.86. The Labute approximate surface area is 210 Å². The Morgan fingerprint density at radius 1 is 0.583 bits per heavy atom. The van der Waals surface area contributed by atoms with E-state index in [1.165, 1.54) is 9.80 Å². The lowest BCUT2D eigenvalue weighted by Gasteiger charge is -2.40. The van der Waals surface area contributed by atoms with Crippen LogP contribution >= 0.6 is 0 Å². The molecule has 2 amide bonds. The van der Waals surface area contributed by atoms with Crippen molar-refractivity contribution in [1.29, 1.82) is 0 Å². The molecule has 6 nitrogen and oxygen atoms in total. The van der Waals surface area contributed by atoms with Crippen molar-refractivity contribution >= 4 is 34.8 Å². The van der Waals surface area contributed by atoms with Crippen LogP contribution in [0.15, 0.2) is 72.8 Å². The number of fused-ring (bicyclic) bond motifs is 2. The number of rotatable bonds is 4. The van der Waals surface area contributed by atoms with E-state index in [1.807, 2.05) is 24.3 Å². The zero-order chi connectivity index (χ0) is 25.7. The van der Waals surface area contributed by atoms with Gasteiger partial charge in [0.1, 0.15) is 11.8 Å². The smallest absolute Gasteiger partial charge is 0.238 e. The van der Waals surface area contributed by atoms with Crippen molar-refractivity contribution in [2.45, 2.75) is 25.7 Å². The number of Topliss-reactive ketones (excluding diaryl/α,β-unsaturated/α-hetero) is 2. The molecule has 2 aliphatic heterocycles. The molecule has 5 rings (SSSR count). The van der Waals surface area contributed by atoms with E-state index in [9.17, 15) is 19.2 Å². The number of para-hydroxylation sites is 2. The summed E-state index contributed by atoms with van der Waals surface area (Å²) in [4.78, 5) is 58.1. The van der Waals surface area contributed by atoms with Crippen LogP contribution < -0.4 is 9.80 Å². The molecule has 0 spiro atoms. The largest absolute Gasteiger partial charge is 0.314 e. The van der Waals surface area contributed by atoms with E-state index in [4.69, 9.17) is 0 Å². The van der Waals surface area contributed by atoms with Gasteiger partial charge in [-0.25, -0.2) is 0 Å². The first-order valence-corrected chi connectivity index (χ1v) is 12.1. The van der Waals surface area contributed by atoms with Crippen molar-refractivity contribution in [2.24, 2.45) is 11.8 Å². The predicted molar refractivity (Wildman–Crippen MR) is 139 cm³/mol. The lowest BCUT2D eigenvalue weighted by atomic mass is 9.68. The van der Waals surface area contributed by atoms with Crippen molar-refractivity contribution in [3.63, 3.8) is 0 Å². The van der Waals surface area contributed by atoms with Crippen LogP contribution in [0.3, 0.4) is 0 Å². The van der Waals surface area contributed by atoms with Crippen LogP contribution in [0.4, 0.5) is 11.4 Å². The molecular formula is C30H28N2O4. The first-order valence-electron chi connectivity index (χ1n) is 12.1. The molecule has 0 saturated heterocycles. The van der Waals surface area contributed by atoms with Gasteiger partial charge in [-0.05, 0) is 41.3 Å². The molecule has 1 unspecified atom stereocenters. The molecule has 3 aromatic carbocycles. The summed E-state index contributed by atoms with van der Waals surface area (Å²) < 4.78 is 0. The Morgan fingerprint density at radius 3 is 1.39 bits per heavy atom. The number of amides is 2. The first kappa shape index (κ1) is 23.7. The van der Waals surface area contributed by atoms with E-state index in [2.05, 4.69) is 13.8 Å². The standard InChI is InChI=1S/C30H28N2O4/c1-17(2)18-13-15-19(16-14-18)24(25-27(33)20-9-5-7-11-22(20)31(3)29(25)35)26-28(34)21-10-6-8-12-23(21)32(4)30(26)36/h5-17,24-26H,1-4H3/t24?,25-,26+. The molecule has 0 saturated carbocycles. The summed E-state index contributed by atoms with van der Waals surface area (Å²) in [5.74, 6) is -4.64.